The van der Waals surface area contributed by atoms with Crippen LogP contribution in [-0.4, -0.2) is 18.9 Å². The van der Waals surface area contributed by atoms with E-state index in [1.807, 2.05) is 6.07 Å². The standard InChI is InChI=1S/C12H12FN3O4S/c13-10-7-9(3-4-11(10)16(17)18)21(19,20)15-12(8-14)5-1-2-6-12/h3-4,7,15H,1-2,5-6H2. The van der Waals surface area contributed by atoms with Crippen LogP contribution in [-0.2, 0) is 10.0 Å². The van der Waals surface area contributed by atoms with Crippen molar-refractivity contribution < 1.29 is 17.7 Å². The molecule has 1 aromatic rings. The van der Waals surface area contributed by atoms with Gasteiger partial charge in [-0.15, -0.1) is 0 Å². The van der Waals surface area contributed by atoms with E-state index in [1.165, 1.54) is 0 Å². The van der Waals surface area contributed by atoms with Crippen molar-refractivity contribution >= 4 is 15.7 Å². The molecule has 9 heteroatoms. The molecule has 112 valence electrons. The zero-order valence-corrected chi connectivity index (χ0v) is 11.7. The van der Waals surface area contributed by atoms with Crippen LogP contribution in [0, 0.1) is 27.3 Å². The van der Waals surface area contributed by atoms with Crippen LogP contribution >= 0.6 is 0 Å². The molecular weight excluding hydrogens is 301 g/mol. The zero-order chi connectivity index (χ0) is 15.7. The molecule has 21 heavy (non-hydrogen) atoms. The number of sulfonamides is 1. The molecule has 1 N–H and O–H groups in total. The summed E-state index contributed by atoms with van der Waals surface area (Å²) in [6.45, 7) is 0. The highest BCUT2D eigenvalue weighted by Crippen LogP contribution is 2.31. The summed E-state index contributed by atoms with van der Waals surface area (Å²) in [5, 5.41) is 19.7. The number of nitro groups is 1. The molecule has 1 saturated carbocycles. The van der Waals surface area contributed by atoms with Gasteiger partial charge in [-0.05, 0) is 18.9 Å². The lowest BCUT2D eigenvalue weighted by atomic mass is 10.0. The summed E-state index contributed by atoms with van der Waals surface area (Å²) in [6.07, 6.45) is 2.23. The number of rotatable bonds is 4. The Kier molecular flexibility index (Phi) is 3.93. The number of halogens is 1. The minimum absolute atomic E-state index is 0.387. The predicted molar refractivity (Wildman–Crippen MR) is 70.2 cm³/mol. The molecule has 1 aliphatic rings. The van der Waals surface area contributed by atoms with Crippen LogP contribution in [0.25, 0.3) is 0 Å². The van der Waals surface area contributed by atoms with E-state index >= 15 is 0 Å². The molecule has 2 rings (SSSR count). The van der Waals surface area contributed by atoms with E-state index in [0.29, 0.717) is 18.9 Å². The fraction of sp³-hybridized carbons (Fsp3) is 0.417. The molecule has 0 saturated heterocycles. The van der Waals surface area contributed by atoms with E-state index in [0.717, 1.165) is 25.0 Å². The van der Waals surface area contributed by atoms with Gasteiger partial charge in [-0.25, -0.2) is 8.42 Å². The number of hydrogen-bond donors (Lipinski definition) is 1. The highest BCUT2D eigenvalue weighted by atomic mass is 32.2. The van der Waals surface area contributed by atoms with Crippen molar-refractivity contribution in [3.63, 3.8) is 0 Å². The molecule has 1 aliphatic carbocycles. The second-order valence-corrected chi connectivity index (χ2v) is 6.56. The third-order valence-corrected chi connectivity index (χ3v) is 4.96. The maximum atomic E-state index is 13.5. The van der Waals surface area contributed by atoms with Crippen molar-refractivity contribution in [1.82, 2.24) is 4.72 Å². The predicted octanol–water partition coefficient (Wildman–Crippen LogP) is 1.85. The molecule has 0 spiro atoms. The van der Waals surface area contributed by atoms with Gasteiger partial charge >= 0.3 is 5.69 Å². The SMILES string of the molecule is N#CC1(NS(=O)(=O)c2ccc([N+](=O)[O-])c(F)c2)CCCC1. The lowest BCUT2D eigenvalue weighted by molar-refractivity contribution is -0.387. The Balaban J connectivity index is 2.34. The molecule has 0 unspecified atom stereocenters. The minimum atomic E-state index is -4.11. The van der Waals surface area contributed by atoms with Gasteiger partial charge in [0.2, 0.25) is 15.8 Å². The van der Waals surface area contributed by atoms with Crippen LogP contribution in [0.3, 0.4) is 0 Å². The lowest BCUT2D eigenvalue weighted by Gasteiger charge is -2.21. The Labute approximate surface area is 120 Å². The zero-order valence-electron chi connectivity index (χ0n) is 10.9. The van der Waals surface area contributed by atoms with Crippen LogP contribution in [0.2, 0.25) is 0 Å². The van der Waals surface area contributed by atoms with Crippen molar-refractivity contribution in [3.8, 4) is 6.07 Å². The van der Waals surface area contributed by atoms with Gasteiger partial charge in [0, 0.05) is 12.1 Å². The Morgan fingerprint density at radius 1 is 1.38 bits per heavy atom. The summed E-state index contributed by atoms with van der Waals surface area (Å²) in [7, 11) is -4.11. The second kappa shape index (κ2) is 5.38. The summed E-state index contributed by atoms with van der Waals surface area (Å²) < 4.78 is 40.2. The number of benzene rings is 1. The quantitative estimate of drug-likeness (QED) is 0.673. The number of nitro benzene ring substituents is 1. The summed E-state index contributed by atoms with van der Waals surface area (Å²) in [6, 6.07) is 4.28. The normalized spacial score (nSPS) is 17.3. The van der Waals surface area contributed by atoms with Crippen molar-refractivity contribution in [2.75, 3.05) is 0 Å². The highest BCUT2D eigenvalue weighted by Gasteiger charge is 2.38. The van der Waals surface area contributed by atoms with Crippen molar-refractivity contribution in [3.05, 3.63) is 34.1 Å². The Morgan fingerprint density at radius 3 is 2.48 bits per heavy atom. The third-order valence-electron chi connectivity index (χ3n) is 3.43. The first-order valence-electron chi connectivity index (χ1n) is 6.19. The van der Waals surface area contributed by atoms with Crippen LogP contribution in [0.5, 0.6) is 0 Å². The van der Waals surface area contributed by atoms with Gasteiger partial charge < -0.3 is 0 Å². The van der Waals surface area contributed by atoms with Crippen LogP contribution < -0.4 is 4.72 Å². The van der Waals surface area contributed by atoms with Gasteiger partial charge in [0.05, 0.1) is 15.9 Å². The summed E-state index contributed by atoms with van der Waals surface area (Å²) >= 11 is 0. The smallest absolute Gasteiger partial charge is 0.258 e. The van der Waals surface area contributed by atoms with Crippen molar-refractivity contribution in [2.45, 2.75) is 36.1 Å². The number of hydrogen-bond acceptors (Lipinski definition) is 5. The fourth-order valence-corrected chi connectivity index (χ4v) is 3.72. The fourth-order valence-electron chi connectivity index (χ4n) is 2.33. The van der Waals surface area contributed by atoms with Crippen LogP contribution in [0.4, 0.5) is 10.1 Å². The second-order valence-electron chi connectivity index (χ2n) is 4.88. The first kappa shape index (κ1) is 15.3. The van der Waals surface area contributed by atoms with E-state index in [4.69, 9.17) is 5.26 Å². The minimum Gasteiger partial charge on any atom is -0.258 e. The van der Waals surface area contributed by atoms with E-state index in [9.17, 15) is 22.9 Å². The molecule has 0 aliphatic heterocycles. The third kappa shape index (κ3) is 3.01. The summed E-state index contributed by atoms with van der Waals surface area (Å²) in [4.78, 5) is 9.14. The van der Waals surface area contributed by atoms with E-state index in [1.54, 1.807) is 0 Å². The van der Waals surface area contributed by atoms with Crippen molar-refractivity contribution in [1.29, 1.82) is 5.26 Å². The molecule has 1 aromatic carbocycles. The average molecular weight is 313 g/mol. The van der Waals surface area contributed by atoms with Gasteiger partial charge in [0.1, 0.15) is 5.54 Å². The molecule has 0 radical (unpaired) electrons. The number of nitrogens with one attached hydrogen (secondary N) is 1. The largest absolute Gasteiger partial charge is 0.304 e. The first-order valence-corrected chi connectivity index (χ1v) is 7.67. The van der Waals surface area contributed by atoms with Crippen LogP contribution in [0.15, 0.2) is 23.1 Å². The van der Waals surface area contributed by atoms with Gasteiger partial charge in [-0.2, -0.15) is 14.4 Å². The summed E-state index contributed by atoms with van der Waals surface area (Å²) in [5.74, 6) is -1.24. The number of nitrogens with zero attached hydrogens (tertiary/aromatic N) is 2. The topological polar surface area (TPSA) is 113 Å². The first-order chi connectivity index (χ1) is 9.80. The van der Waals surface area contributed by atoms with E-state index < -0.39 is 36.9 Å². The molecule has 0 amide bonds. The van der Waals surface area contributed by atoms with Gasteiger partial charge in [0.15, 0.2) is 0 Å². The summed E-state index contributed by atoms with van der Waals surface area (Å²) in [5.41, 5.74) is -1.98. The molecule has 1 fully saturated rings. The maximum Gasteiger partial charge on any atom is 0.304 e. The number of nitriles is 1. The highest BCUT2D eigenvalue weighted by molar-refractivity contribution is 7.89. The molecule has 0 aromatic heterocycles. The monoisotopic (exact) mass is 313 g/mol. The Morgan fingerprint density at radius 2 is 2.00 bits per heavy atom. The van der Waals surface area contributed by atoms with Gasteiger partial charge in [-0.1, -0.05) is 12.8 Å². The van der Waals surface area contributed by atoms with E-state index in [2.05, 4.69) is 4.72 Å². The molecule has 0 atom stereocenters. The average Bonchev–Trinajstić information content (AvgIpc) is 2.86. The lowest BCUT2D eigenvalue weighted by Crippen LogP contribution is -2.44. The van der Waals surface area contributed by atoms with Crippen LogP contribution in [0.1, 0.15) is 25.7 Å². The molecule has 0 bridgehead atoms. The Bertz CT molecular complexity index is 721. The van der Waals surface area contributed by atoms with E-state index in [-0.39, 0.29) is 0 Å². The Hall–Kier alpha value is -2.05. The molecular formula is C12H12FN3O4S. The molecule has 0 heterocycles. The van der Waals surface area contributed by atoms with Gasteiger partial charge in [0.25, 0.3) is 0 Å². The maximum absolute atomic E-state index is 13.5. The van der Waals surface area contributed by atoms with Crippen molar-refractivity contribution in [2.24, 2.45) is 0 Å². The molecule has 7 nitrogen and oxygen atoms in total. The van der Waals surface area contributed by atoms with Gasteiger partial charge in [-0.3, -0.25) is 10.1 Å².